The van der Waals surface area contributed by atoms with Gasteiger partial charge in [0.05, 0.1) is 18.0 Å². The average Bonchev–Trinajstić information content (AvgIpc) is 2.59. The van der Waals surface area contributed by atoms with Gasteiger partial charge < -0.3 is 15.4 Å². The van der Waals surface area contributed by atoms with E-state index >= 15 is 0 Å². The van der Waals surface area contributed by atoms with Crippen molar-refractivity contribution in [1.82, 2.24) is 15.1 Å². The molecule has 1 aromatic heterocycles. The third kappa shape index (κ3) is 2.97. The van der Waals surface area contributed by atoms with Crippen molar-refractivity contribution in [3.63, 3.8) is 0 Å². The molecule has 0 aliphatic heterocycles. The number of amides is 1. The molecule has 0 aromatic carbocycles. The van der Waals surface area contributed by atoms with Gasteiger partial charge in [0, 0.05) is 19.7 Å². The molecule has 1 amide bonds. The monoisotopic (exact) mass is 240 g/mol. The lowest BCUT2D eigenvalue weighted by Gasteiger charge is -2.25. The molecule has 0 aliphatic carbocycles. The zero-order valence-corrected chi connectivity index (χ0v) is 10.8. The molecule has 0 spiro atoms. The van der Waals surface area contributed by atoms with Gasteiger partial charge in [-0.2, -0.15) is 5.10 Å². The average molecular weight is 240 g/mol. The van der Waals surface area contributed by atoms with Gasteiger partial charge in [0.2, 0.25) is 0 Å². The standard InChI is InChI=1S/C11H20N4O2/c1-7(2)15(5-6-17-4)11(16)10-9(12)8(3)13-14-10/h7H,5-6,12H2,1-4H3,(H,13,14). The number of carbonyl (C=O) groups excluding carboxylic acids is 1. The highest BCUT2D eigenvalue weighted by Crippen LogP contribution is 2.16. The normalized spacial score (nSPS) is 10.9. The predicted molar refractivity (Wildman–Crippen MR) is 65.8 cm³/mol. The van der Waals surface area contributed by atoms with Gasteiger partial charge in [-0.05, 0) is 20.8 Å². The van der Waals surface area contributed by atoms with Gasteiger partial charge in [0.25, 0.3) is 5.91 Å². The minimum absolute atomic E-state index is 0.0778. The molecule has 0 bridgehead atoms. The van der Waals surface area contributed by atoms with Crippen LogP contribution in [0.4, 0.5) is 5.69 Å². The Bertz CT molecular complexity index is 387. The van der Waals surface area contributed by atoms with Crippen LogP contribution < -0.4 is 5.73 Å². The summed E-state index contributed by atoms with van der Waals surface area (Å²) in [5.74, 6) is -0.168. The van der Waals surface area contributed by atoms with Crippen LogP contribution in [-0.2, 0) is 4.74 Å². The van der Waals surface area contributed by atoms with Crippen LogP contribution in [0.5, 0.6) is 0 Å². The van der Waals surface area contributed by atoms with E-state index in [9.17, 15) is 4.79 Å². The summed E-state index contributed by atoms with van der Waals surface area (Å²) in [7, 11) is 1.61. The van der Waals surface area contributed by atoms with Crippen LogP contribution >= 0.6 is 0 Å². The Balaban J connectivity index is 2.88. The molecule has 3 N–H and O–H groups in total. The number of rotatable bonds is 5. The molecule has 0 saturated carbocycles. The van der Waals surface area contributed by atoms with Crippen molar-refractivity contribution < 1.29 is 9.53 Å². The highest BCUT2D eigenvalue weighted by molar-refractivity contribution is 5.97. The summed E-state index contributed by atoms with van der Waals surface area (Å²) >= 11 is 0. The number of ether oxygens (including phenoxy) is 1. The van der Waals surface area contributed by atoms with Crippen LogP contribution in [0, 0.1) is 6.92 Å². The van der Waals surface area contributed by atoms with Crippen molar-refractivity contribution in [3.8, 4) is 0 Å². The fraction of sp³-hybridized carbons (Fsp3) is 0.636. The topological polar surface area (TPSA) is 84.2 Å². The number of hydrogen-bond acceptors (Lipinski definition) is 4. The second-order valence-electron chi connectivity index (χ2n) is 4.20. The number of methoxy groups -OCH3 is 1. The summed E-state index contributed by atoms with van der Waals surface area (Å²) in [5.41, 5.74) is 7.21. The molecular formula is C11H20N4O2. The van der Waals surface area contributed by atoms with Gasteiger partial charge in [-0.1, -0.05) is 0 Å². The van der Waals surface area contributed by atoms with Crippen molar-refractivity contribution in [2.75, 3.05) is 26.0 Å². The summed E-state index contributed by atoms with van der Waals surface area (Å²) in [6.45, 7) is 6.70. The first kappa shape index (κ1) is 13.5. The van der Waals surface area contributed by atoms with Crippen LogP contribution in [0.25, 0.3) is 0 Å². The molecule has 1 rings (SSSR count). The van der Waals surface area contributed by atoms with Crippen molar-refractivity contribution >= 4 is 11.6 Å². The van der Waals surface area contributed by atoms with Gasteiger partial charge in [0.15, 0.2) is 5.69 Å². The molecular weight excluding hydrogens is 220 g/mol. The van der Waals surface area contributed by atoms with E-state index < -0.39 is 0 Å². The zero-order chi connectivity index (χ0) is 13.0. The molecule has 0 radical (unpaired) electrons. The van der Waals surface area contributed by atoms with Crippen molar-refractivity contribution in [2.45, 2.75) is 26.8 Å². The lowest BCUT2D eigenvalue weighted by molar-refractivity contribution is 0.0630. The highest BCUT2D eigenvalue weighted by atomic mass is 16.5. The number of aromatic nitrogens is 2. The number of nitrogens with two attached hydrogens (primary N) is 1. The van der Waals surface area contributed by atoms with Crippen LogP contribution in [0.2, 0.25) is 0 Å². The van der Waals surface area contributed by atoms with Gasteiger partial charge in [0.1, 0.15) is 0 Å². The number of aromatic amines is 1. The van der Waals surface area contributed by atoms with Gasteiger partial charge in [-0.25, -0.2) is 0 Å². The van der Waals surface area contributed by atoms with Crippen molar-refractivity contribution in [2.24, 2.45) is 0 Å². The van der Waals surface area contributed by atoms with Crippen LogP contribution in [0.1, 0.15) is 30.0 Å². The van der Waals surface area contributed by atoms with Crippen molar-refractivity contribution in [1.29, 1.82) is 0 Å². The van der Waals surface area contributed by atoms with Gasteiger partial charge >= 0.3 is 0 Å². The fourth-order valence-corrected chi connectivity index (χ4v) is 1.52. The Morgan fingerprint density at radius 1 is 1.59 bits per heavy atom. The number of anilines is 1. The molecule has 6 nitrogen and oxygen atoms in total. The smallest absolute Gasteiger partial charge is 0.276 e. The number of H-pyrrole nitrogens is 1. The molecule has 0 unspecified atom stereocenters. The number of hydrogen-bond donors (Lipinski definition) is 2. The summed E-state index contributed by atoms with van der Waals surface area (Å²) < 4.78 is 4.99. The SMILES string of the molecule is COCCN(C(=O)c1n[nH]c(C)c1N)C(C)C. The number of carbonyl (C=O) groups is 1. The number of nitrogens with one attached hydrogen (secondary N) is 1. The molecule has 0 saturated heterocycles. The first-order chi connectivity index (χ1) is 7.99. The fourth-order valence-electron chi connectivity index (χ4n) is 1.52. The Labute approximate surface area is 101 Å². The first-order valence-electron chi connectivity index (χ1n) is 5.59. The minimum Gasteiger partial charge on any atom is -0.395 e. The summed E-state index contributed by atoms with van der Waals surface area (Å²) in [4.78, 5) is 13.9. The highest BCUT2D eigenvalue weighted by Gasteiger charge is 2.23. The summed E-state index contributed by atoms with van der Waals surface area (Å²) in [6.07, 6.45) is 0. The van der Waals surface area contributed by atoms with E-state index in [2.05, 4.69) is 10.2 Å². The van der Waals surface area contributed by atoms with Crippen LogP contribution in [0.15, 0.2) is 0 Å². The van der Waals surface area contributed by atoms with E-state index in [1.165, 1.54) is 0 Å². The van der Waals surface area contributed by atoms with E-state index in [1.54, 1.807) is 18.9 Å². The molecule has 17 heavy (non-hydrogen) atoms. The third-order valence-electron chi connectivity index (χ3n) is 2.62. The second-order valence-corrected chi connectivity index (χ2v) is 4.20. The van der Waals surface area contributed by atoms with E-state index in [-0.39, 0.29) is 17.6 Å². The second kappa shape index (κ2) is 5.67. The van der Waals surface area contributed by atoms with E-state index in [1.807, 2.05) is 13.8 Å². The Morgan fingerprint density at radius 2 is 2.24 bits per heavy atom. The maximum absolute atomic E-state index is 12.2. The van der Waals surface area contributed by atoms with Crippen molar-refractivity contribution in [3.05, 3.63) is 11.4 Å². The summed E-state index contributed by atoms with van der Waals surface area (Å²) in [6, 6.07) is 0.0778. The van der Waals surface area contributed by atoms with E-state index in [0.29, 0.717) is 24.5 Å². The minimum atomic E-state index is -0.168. The number of aryl methyl sites for hydroxylation is 1. The molecule has 0 aliphatic rings. The molecule has 96 valence electrons. The maximum atomic E-state index is 12.2. The van der Waals surface area contributed by atoms with Crippen LogP contribution in [0.3, 0.4) is 0 Å². The lowest BCUT2D eigenvalue weighted by atomic mass is 10.2. The number of nitrogens with zero attached hydrogens (tertiary/aromatic N) is 2. The third-order valence-corrected chi connectivity index (χ3v) is 2.62. The van der Waals surface area contributed by atoms with E-state index in [0.717, 1.165) is 0 Å². The van der Waals surface area contributed by atoms with Gasteiger partial charge in [-0.3, -0.25) is 9.89 Å². The summed E-state index contributed by atoms with van der Waals surface area (Å²) in [5, 5.41) is 6.66. The lowest BCUT2D eigenvalue weighted by Crippen LogP contribution is -2.39. The Hall–Kier alpha value is -1.56. The first-order valence-corrected chi connectivity index (χ1v) is 5.59. The maximum Gasteiger partial charge on any atom is 0.276 e. The van der Waals surface area contributed by atoms with Gasteiger partial charge in [-0.15, -0.1) is 0 Å². The number of nitrogen functional groups attached to an aromatic ring is 1. The molecule has 6 heteroatoms. The Morgan fingerprint density at radius 3 is 2.65 bits per heavy atom. The zero-order valence-electron chi connectivity index (χ0n) is 10.8. The largest absolute Gasteiger partial charge is 0.395 e. The predicted octanol–water partition coefficient (Wildman–Crippen LogP) is 0.797. The molecule has 1 aromatic rings. The molecule has 0 fully saturated rings. The van der Waals surface area contributed by atoms with Crippen LogP contribution in [-0.4, -0.2) is 47.3 Å². The molecule has 0 atom stereocenters. The Kier molecular flexibility index (Phi) is 4.51. The molecule has 1 heterocycles. The quantitative estimate of drug-likeness (QED) is 0.797. The van der Waals surface area contributed by atoms with E-state index in [4.69, 9.17) is 10.5 Å².